The van der Waals surface area contributed by atoms with Crippen molar-refractivity contribution >= 4 is 11.9 Å². The molecule has 0 aliphatic heterocycles. The second-order valence-corrected chi connectivity index (χ2v) is 4.21. The number of benzene rings is 1. The second-order valence-electron chi connectivity index (χ2n) is 4.21. The lowest BCUT2D eigenvalue weighted by Gasteiger charge is -2.19. The Morgan fingerprint density at radius 2 is 2.00 bits per heavy atom. The van der Waals surface area contributed by atoms with Crippen LogP contribution in [0.4, 0.5) is 0 Å². The number of carboxylic acid groups (broad SMARTS) is 1. The first-order valence-electron chi connectivity index (χ1n) is 5.46. The molecule has 17 heavy (non-hydrogen) atoms. The van der Waals surface area contributed by atoms with Gasteiger partial charge in [0, 0.05) is 6.92 Å². The molecule has 4 heteroatoms. The highest BCUT2D eigenvalue weighted by atomic mass is 16.4. The number of aryl methyl sites for hydroxylation is 2. The Balaban J connectivity index is 3.06. The number of hydrogen-bond acceptors (Lipinski definition) is 2. The van der Waals surface area contributed by atoms with Crippen molar-refractivity contribution in [1.29, 1.82) is 0 Å². The molecular weight excluding hydrogens is 218 g/mol. The van der Waals surface area contributed by atoms with Crippen LogP contribution in [0.5, 0.6) is 0 Å². The third-order valence-electron chi connectivity index (χ3n) is 2.57. The fraction of sp³-hybridized carbons (Fsp3) is 0.385. The molecule has 0 saturated carbocycles. The maximum Gasteiger partial charge on any atom is 0.305 e. The van der Waals surface area contributed by atoms with Gasteiger partial charge < -0.3 is 10.4 Å². The molecule has 1 aromatic rings. The van der Waals surface area contributed by atoms with E-state index in [4.69, 9.17) is 5.11 Å². The van der Waals surface area contributed by atoms with Crippen molar-refractivity contribution in [3.63, 3.8) is 0 Å². The van der Waals surface area contributed by atoms with Crippen LogP contribution in [-0.4, -0.2) is 17.0 Å². The summed E-state index contributed by atoms with van der Waals surface area (Å²) in [6.45, 7) is 5.24. The van der Waals surface area contributed by atoms with Crippen molar-refractivity contribution in [3.05, 3.63) is 34.9 Å². The normalized spacial score (nSPS) is 11.9. The van der Waals surface area contributed by atoms with Gasteiger partial charge in [-0.25, -0.2) is 0 Å². The van der Waals surface area contributed by atoms with Gasteiger partial charge in [0.1, 0.15) is 0 Å². The first-order valence-corrected chi connectivity index (χ1v) is 5.46. The highest BCUT2D eigenvalue weighted by Crippen LogP contribution is 2.22. The molecule has 0 aliphatic rings. The van der Waals surface area contributed by atoms with E-state index in [0.717, 1.165) is 16.7 Å². The second kappa shape index (κ2) is 5.48. The molecule has 0 aromatic heterocycles. The van der Waals surface area contributed by atoms with Gasteiger partial charge in [-0.1, -0.05) is 23.8 Å². The average Bonchev–Trinajstić information content (AvgIpc) is 2.19. The van der Waals surface area contributed by atoms with Crippen LogP contribution in [0.15, 0.2) is 18.2 Å². The number of rotatable bonds is 4. The predicted octanol–water partition coefficient (Wildman–Crippen LogP) is 1.96. The van der Waals surface area contributed by atoms with Crippen molar-refractivity contribution < 1.29 is 14.7 Å². The van der Waals surface area contributed by atoms with Gasteiger partial charge in [0.2, 0.25) is 5.91 Å². The molecule has 1 aromatic carbocycles. The number of carbonyl (C=O) groups excluding carboxylic acids is 1. The summed E-state index contributed by atoms with van der Waals surface area (Å²) < 4.78 is 0. The molecule has 0 radical (unpaired) electrons. The Bertz CT molecular complexity index is 424. The summed E-state index contributed by atoms with van der Waals surface area (Å²) >= 11 is 0. The zero-order valence-electron chi connectivity index (χ0n) is 10.3. The predicted molar refractivity (Wildman–Crippen MR) is 64.7 cm³/mol. The number of carboxylic acids is 1. The van der Waals surface area contributed by atoms with Crippen LogP contribution in [0.1, 0.15) is 36.1 Å². The van der Waals surface area contributed by atoms with Crippen molar-refractivity contribution in [2.24, 2.45) is 0 Å². The molecule has 0 bridgehead atoms. The quantitative estimate of drug-likeness (QED) is 0.838. The van der Waals surface area contributed by atoms with Crippen LogP contribution < -0.4 is 5.32 Å². The number of hydrogen-bond donors (Lipinski definition) is 2. The van der Waals surface area contributed by atoms with Crippen LogP contribution >= 0.6 is 0 Å². The minimum Gasteiger partial charge on any atom is -0.481 e. The zero-order valence-corrected chi connectivity index (χ0v) is 10.3. The Morgan fingerprint density at radius 1 is 1.35 bits per heavy atom. The van der Waals surface area contributed by atoms with E-state index in [1.165, 1.54) is 6.92 Å². The standard InChI is InChI=1S/C13H17NO3/c1-8-4-5-9(2)11(6-8)12(7-13(16)17)14-10(3)15/h4-6,12H,7H2,1-3H3,(H,14,15)(H,16,17)/t12-/m0/s1. The van der Waals surface area contributed by atoms with Crippen LogP contribution in [0.3, 0.4) is 0 Å². The number of nitrogens with one attached hydrogen (secondary N) is 1. The van der Waals surface area contributed by atoms with E-state index in [0.29, 0.717) is 0 Å². The third-order valence-corrected chi connectivity index (χ3v) is 2.57. The van der Waals surface area contributed by atoms with Gasteiger partial charge in [-0.05, 0) is 25.0 Å². The molecule has 0 spiro atoms. The highest BCUT2D eigenvalue weighted by molar-refractivity contribution is 5.75. The van der Waals surface area contributed by atoms with Gasteiger partial charge in [0.15, 0.2) is 0 Å². The Hall–Kier alpha value is -1.84. The summed E-state index contributed by atoms with van der Waals surface area (Å²) in [7, 11) is 0. The summed E-state index contributed by atoms with van der Waals surface area (Å²) in [5.41, 5.74) is 2.89. The molecule has 1 atom stereocenters. The number of carbonyl (C=O) groups is 2. The molecular formula is C13H17NO3. The Kier molecular flexibility index (Phi) is 4.26. The molecule has 0 fully saturated rings. The molecule has 0 saturated heterocycles. The van der Waals surface area contributed by atoms with Crippen LogP contribution in [0, 0.1) is 13.8 Å². The van der Waals surface area contributed by atoms with E-state index in [-0.39, 0.29) is 12.3 Å². The number of aliphatic carboxylic acids is 1. The largest absolute Gasteiger partial charge is 0.481 e. The molecule has 4 nitrogen and oxygen atoms in total. The summed E-state index contributed by atoms with van der Waals surface area (Å²) in [6.07, 6.45) is -0.107. The lowest BCUT2D eigenvalue weighted by molar-refractivity contribution is -0.137. The number of amides is 1. The Morgan fingerprint density at radius 3 is 2.53 bits per heavy atom. The fourth-order valence-corrected chi connectivity index (χ4v) is 1.79. The summed E-state index contributed by atoms with van der Waals surface area (Å²) in [5, 5.41) is 11.5. The lowest BCUT2D eigenvalue weighted by atomic mass is 9.96. The van der Waals surface area contributed by atoms with Crippen molar-refractivity contribution in [3.8, 4) is 0 Å². The summed E-state index contributed by atoms with van der Waals surface area (Å²) in [4.78, 5) is 21.9. The maximum absolute atomic E-state index is 11.1. The van der Waals surface area contributed by atoms with Crippen LogP contribution in [0.2, 0.25) is 0 Å². The fourth-order valence-electron chi connectivity index (χ4n) is 1.79. The summed E-state index contributed by atoms with van der Waals surface area (Å²) in [5.74, 6) is -1.15. The van der Waals surface area contributed by atoms with Gasteiger partial charge in [-0.15, -0.1) is 0 Å². The van der Waals surface area contributed by atoms with Crippen LogP contribution in [0.25, 0.3) is 0 Å². The van der Waals surface area contributed by atoms with Gasteiger partial charge >= 0.3 is 5.97 Å². The zero-order chi connectivity index (χ0) is 13.0. The average molecular weight is 235 g/mol. The van der Waals surface area contributed by atoms with Crippen molar-refractivity contribution in [1.82, 2.24) is 5.32 Å². The van der Waals surface area contributed by atoms with Crippen LogP contribution in [-0.2, 0) is 9.59 Å². The molecule has 2 N–H and O–H groups in total. The molecule has 92 valence electrons. The SMILES string of the molecule is CC(=O)N[C@@H](CC(=O)O)c1cc(C)ccc1C. The first-order chi connectivity index (χ1) is 7.90. The van der Waals surface area contributed by atoms with E-state index in [1.54, 1.807) is 0 Å². The first kappa shape index (κ1) is 13.2. The van der Waals surface area contributed by atoms with Gasteiger partial charge in [-0.3, -0.25) is 9.59 Å². The molecule has 1 rings (SSSR count). The van der Waals surface area contributed by atoms with E-state index in [2.05, 4.69) is 5.32 Å². The molecule has 0 aliphatic carbocycles. The highest BCUT2D eigenvalue weighted by Gasteiger charge is 2.18. The van der Waals surface area contributed by atoms with E-state index in [9.17, 15) is 9.59 Å². The van der Waals surface area contributed by atoms with Gasteiger partial charge in [-0.2, -0.15) is 0 Å². The van der Waals surface area contributed by atoms with Crippen molar-refractivity contribution in [2.75, 3.05) is 0 Å². The smallest absolute Gasteiger partial charge is 0.305 e. The molecule has 0 unspecified atom stereocenters. The topological polar surface area (TPSA) is 66.4 Å². The van der Waals surface area contributed by atoms with Crippen molar-refractivity contribution in [2.45, 2.75) is 33.2 Å². The molecule has 1 amide bonds. The van der Waals surface area contributed by atoms with E-state index in [1.807, 2.05) is 32.0 Å². The van der Waals surface area contributed by atoms with Gasteiger partial charge in [0.05, 0.1) is 12.5 Å². The monoisotopic (exact) mass is 235 g/mol. The van der Waals surface area contributed by atoms with E-state index >= 15 is 0 Å². The third kappa shape index (κ3) is 3.90. The summed E-state index contributed by atoms with van der Waals surface area (Å²) in [6, 6.07) is 5.34. The van der Waals surface area contributed by atoms with Gasteiger partial charge in [0.25, 0.3) is 0 Å². The minimum absolute atomic E-state index is 0.107. The Labute approximate surface area is 101 Å². The lowest BCUT2D eigenvalue weighted by Crippen LogP contribution is -2.28. The molecule has 0 heterocycles. The minimum atomic E-state index is -0.926. The maximum atomic E-state index is 11.1. The van der Waals surface area contributed by atoms with E-state index < -0.39 is 12.0 Å².